The predicted octanol–water partition coefficient (Wildman–Crippen LogP) is 3.22. The van der Waals surface area contributed by atoms with Crippen LogP contribution < -0.4 is 5.73 Å². The largest absolute Gasteiger partial charge is 0.327 e. The fourth-order valence-corrected chi connectivity index (χ4v) is 3.16. The van der Waals surface area contributed by atoms with Gasteiger partial charge in [0.1, 0.15) is 0 Å². The zero-order valence-corrected chi connectivity index (χ0v) is 12.7. The second-order valence-corrected chi connectivity index (χ2v) is 6.31. The topological polar surface area (TPSA) is 43.8 Å². The summed E-state index contributed by atoms with van der Waals surface area (Å²) in [5, 5.41) is 4.47. The predicted molar refractivity (Wildman–Crippen MR) is 81.4 cm³/mol. The van der Waals surface area contributed by atoms with Gasteiger partial charge in [-0.1, -0.05) is 6.07 Å². The maximum Gasteiger partial charge on any atom is 0.0533 e. The normalized spacial score (nSPS) is 14.4. The van der Waals surface area contributed by atoms with E-state index in [0.717, 1.165) is 0 Å². The third-order valence-corrected chi connectivity index (χ3v) is 4.75. The van der Waals surface area contributed by atoms with E-state index in [0.29, 0.717) is 0 Å². The molecular weight excluding hydrogens is 254 g/mol. The van der Waals surface area contributed by atoms with Crippen LogP contribution >= 0.6 is 11.8 Å². The molecule has 2 aromatic rings. The molecule has 0 aliphatic heterocycles. The number of nitrogens with two attached hydrogens (primary N) is 1. The number of hydrogen-bond donors (Lipinski definition) is 1. The molecule has 2 atom stereocenters. The van der Waals surface area contributed by atoms with Gasteiger partial charge in [-0.3, -0.25) is 4.68 Å². The van der Waals surface area contributed by atoms with Gasteiger partial charge in [0.25, 0.3) is 0 Å². The van der Waals surface area contributed by atoms with E-state index >= 15 is 0 Å². The van der Waals surface area contributed by atoms with Crippen LogP contribution in [0, 0.1) is 13.8 Å². The quantitative estimate of drug-likeness (QED) is 0.871. The Kier molecular flexibility index (Phi) is 4.32. The number of benzene rings is 1. The van der Waals surface area contributed by atoms with Gasteiger partial charge in [0.15, 0.2) is 0 Å². The highest BCUT2D eigenvalue weighted by Gasteiger charge is 2.19. The van der Waals surface area contributed by atoms with Crippen LogP contribution in [-0.2, 0) is 7.05 Å². The van der Waals surface area contributed by atoms with Crippen LogP contribution in [-0.4, -0.2) is 15.8 Å². The average Bonchev–Trinajstić information content (AvgIpc) is 2.76. The SMILES string of the molecule is Cc1ccc(SC(c2cnn(C)c2)C(C)N)cc1C. The lowest BCUT2D eigenvalue weighted by Crippen LogP contribution is -2.22. The maximum atomic E-state index is 6.14. The van der Waals surface area contributed by atoms with E-state index < -0.39 is 0 Å². The van der Waals surface area contributed by atoms with Gasteiger partial charge in [-0.25, -0.2) is 0 Å². The van der Waals surface area contributed by atoms with E-state index in [-0.39, 0.29) is 11.3 Å². The highest BCUT2D eigenvalue weighted by molar-refractivity contribution is 7.99. The van der Waals surface area contributed by atoms with Crippen molar-refractivity contribution in [3.05, 3.63) is 47.3 Å². The maximum absolute atomic E-state index is 6.14. The Hall–Kier alpha value is -1.26. The van der Waals surface area contributed by atoms with Gasteiger partial charge in [0.2, 0.25) is 0 Å². The summed E-state index contributed by atoms with van der Waals surface area (Å²) in [5.41, 5.74) is 9.96. The molecule has 0 aliphatic rings. The number of hydrogen-bond acceptors (Lipinski definition) is 3. The molecule has 4 heteroatoms. The first-order chi connectivity index (χ1) is 8.97. The van der Waals surface area contributed by atoms with Gasteiger partial charge >= 0.3 is 0 Å². The van der Waals surface area contributed by atoms with E-state index in [4.69, 9.17) is 5.73 Å². The zero-order valence-electron chi connectivity index (χ0n) is 11.9. The van der Waals surface area contributed by atoms with Crippen LogP contribution in [0.1, 0.15) is 28.9 Å². The minimum atomic E-state index is 0.0795. The summed E-state index contributed by atoms with van der Waals surface area (Å²) in [4.78, 5) is 1.26. The molecule has 0 radical (unpaired) electrons. The summed E-state index contributed by atoms with van der Waals surface area (Å²) >= 11 is 1.81. The molecule has 1 aromatic heterocycles. The second-order valence-electron chi connectivity index (χ2n) is 5.09. The van der Waals surface area contributed by atoms with Gasteiger partial charge in [0.05, 0.1) is 11.4 Å². The van der Waals surface area contributed by atoms with Gasteiger partial charge in [-0.2, -0.15) is 5.10 Å². The fraction of sp³-hybridized carbons (Fsp3) is 0.400. The van der Waals surface area contributed by atoms with Crippen molar-refractivity contribution in [2.75, 3.05) is 0 Å². The van der Waals surface area contributed by atoms with Gasteiger partial charge in [0, 0.05) is 29.7 Å². The molecule has 0 aliphatic carbocycles. The average molecular weight is 275 g/mol. The molecule has 2 rings (SSSR count). The smallest absolute Gasteiger partial charge is 0.0533 e. The minimum absolute atomic E-state index is 0.0795. The second kappa shape index (κ2) is 5.80. The summed E-state index contributed by atoms with van der Waals surface area (Å²) in [6.07, 6.45) is 3.95. The number of aromatic nitrogens is 2. The molecule has 1 aromatic carbocycles. The third kappa shape index (κ3) is 3.39. The van der Waals surface area contributed by atoms with Crippen molar-refractivity contribution in [3.63, 3.8) is 0 Å². The van der Waals surface area contributed by atoms with E-state index in [9.17, 15) is 0 Å². The lowest BCUT2D eigenvalue weighted by atomic mass is 10.1. The number of nitrogens with zero attached hydrogens (tertiary/aromatic N) is 2. The van der Waals surface area contributed by atoms with Crippen LogP contribution in [0.4, 0.5) is 0 Å². The molecule has 3 nitrogen and oxygen atoms in total. The van der Waals surface area contributed by atoms with Crippen molar-refractivity contribution >= 4 is 11.8 Å². The molecule has 1 heterocycles. The van der Waals surface area contributed by atoms with Crippen LogP contribution in [0.3, 0.4) is 0 Å². The van der Waals surface area contributed by atoms with Gasteiger partial charge in [-0.15, -0.1) is 11.8 Å². The Morgan fingerprint density at radius 3 is 2.53 bits per heavy atom. The van der Waals surface area contributed by atoms with Crippen LogP contribution in [0.25, 0.3) is 0 Å². The van der Waals surface area contributed by atoms with E-state index in [1.54, 1.807) is 0 Å². The molecule has 0 saturated carbocycles. The summed E-state index contributed by atoms with van der Waals surface area (Å²) in [6.45, 7) is 6.32. The Bertz CT molecular complexity index is 560. The molecular formula is C15H21N3S. The molecule has 19 heavy (non-hydrogen) atoms. The third-order valence-electron chi connectivity index (χ3n) is 3.27. The number of thioether (sulfide) groups is 1. The Morgan fingerprint density at radius 2 is 2.00 bits per heavy atom. The first kappa shape index (κ1) is 14.2. The Labute approximate surface area is 119 Å². The molecule has 0 spiro atoms. The fourth-order valence-electron chi connectivity index (χ4n) is 2.00. The molecule has 0 bridgehead atoms. The van der Waals surface area contributed by atoms with Crippen molar-refractivity contribution in [3.8, 4) is 0 Å². The van der Waals surface area contributed by atoms with Crippen LogP contribution in [0.5, 0.6) is 0 Å². The van der Waals surface area contributed by atoms with Crippen molar-refractivity contribution in [1.82, 2.24) is 9.78 Å². The summed E-state index contributed by atoms with van der Waals surface area (Å²) in [5.74, 6) is 0. The molecule has 2 N–H and O–H groups in total. The molecule has 0 amide bonds. The number of rotatable bonds is 4. The van der Waals surface area contributed by atoms with Crippen molar-refractivity contribution < 1.29 is 0 Å². The lowest BCUT2D eigenvalue weighted by Gasteiger charge is -2.19. The van der Waals surface area contributed by atoms with Crippen molar-refractivity contribution in [2.45, 2.75) is 37.0 Å². The van der Waals surface area contributed by atoms with E-state index in [2.05, 4.69) is 37.1 Å². The Morgan fingerprint density at radius 1 is 1.26 bits per heavy atom. The first-order valence-corrected chi connectivity index (χ1v) is 7.33. The monoisotopic (exact) mass is 275 g/mol. The summed E-state index contributed by atoms with van der Waals surface area (Å²) < 4.78 is 1.83. The molecule has 0 fully saturated rings. The molecule has 102 valence electrons. The first-order valence-electron chi connectivity index (χ1n) is 6.45. The van der Waals surface area contributed by atoms with Crippen LogP contribution in [0.15, 0.2) is 35.5 Å². The highest BCUT2D eigenvalue weighted by atomic mass is 32.2. The molecule has 2 unspecified atom stereocenters. The van der Waals surface area contributed by atoms with Crippen molar-refractivity contribution in [1.29, 1.82) is 0 Å². The van der Waals surface area contributed by atoms with Gasteiger partial charge in [-0.05, 0) is 44.0 Å². The van der Waals surface area contributed by atoms with Crippen molar-refractivity contribution in [2.24, 2.45) is 12.8 Å². The van der Waals surface area contributed by atoms with Gasteiger partial charge < -0.3 is 5.73 Å². The zero-order chi connectivity index (χ0) is 14.0. The summed E-state index contributed by atoms with van der Waals surface area (Å²) in [6, 6.07) is 6.64. The molecule has 0 saturated heterocycles. The minimum Gasteiger partial charge on any atom is -0.327 e. The lowest BCUT2D eigenvalue weighted by molar-refractivity contribution is 0.718. The summed E-state index contributed by atoms with van der Waals surface area (Å²) in [7, 11) is 1.93. The van der Waals surface area contributed by atoms with E-state index in [1.165, 1.54) is 21.6 Å². The van der Waals surface area contributed by atoms with E-state index in [1.807, 2.05) is 42.8 Å². The van der Waals surface area contributed by atoms with Crippen LogP contribution in [0.2, 0.25) is 0 Å². The Balaban J connectivity index is 2.23. The standard InChI is InChI=1S/C15H21N3S/c1-10-5-6-14(7-11(10)2)19-15(12(3)16)13-8-17-18(4)9-13/h5-9,12,15H,16H2,1-4H3. The highest BCUT2D eigenvalue weighted by Crippen LogP contribution is 2.37. The number of aryl methyl sites for hydroxylation is 3.